The number of aromatic nitrogens is 3. The van der Waals surface area contributed by atoms with Gasteiger partial charge in [-0.1, -0.05) is 23.7 Å². The van der Waals surface area contributed by atoms with Crippen LogP contribution in [0.4, 0.5) is 4.39 Å². The summed E-state index contributed by atoms with van der Waals surface area (Å²) in [5, 5.41) is 9.80. The molecule has 1 fully saturated rings. The second-order valence-corrected chi connectivity index (χ2v) is 9.02. The highest BCUT2D eigenvalue weighted by molar-refractivity contribution is 6.30. The maximum Gasteiger partial charge on any atom is 0.164 e. The zero-order valence-corrected chi connectivity index (χ0v) is 17.8. The fraction of sp³-hybridized carbons (Fsp3) is 0.391. The van der Waals surface area contributed by atoms with E-state index < -0.39 is 0 Å². The van der Waals surface area contributed by atoms with Gasteiger partial charge < -0.3 is 4.57 Å². The van der Waals surface area contributed by atoms with Crippen molar-refractivity contribution in [2.45, 2.75) is 31.5 Å². The molecule has 0 unspecified atom stereocenters. The standard InChI is InChI=1S/C23H25ClFN5/c1-28-15-21-26-27-22(18-5-7-20(25)8-6-18)30(21)23(16-28)9-11-29(12-10-23)14-17-3-2-4-19(24)13-17/h2-8,13H,9-12,14-16H2,1H3. The molecule has 5 nitrogen and oxygen atoms in total. The highest BCUT2D eigenvalue weighted by Gasteiger charge is 2.43. The highest BCUT2D eigenvalue weighted by Crippen LogP contribution is 2.39. The number of likely N-dealkylation sites (N-methyl/N-ethyl adjacent to an activating group) is 1. The molecule has 0 atom stereocenters. The third kappa shape index (κ3) is 3.64. The van der Waals surface area contributed by atoms with Crippen LogP contribution in [-0.2, 0) is 18.6 Å². The van der Waals surface area contributed by atoms with Crippen LogP contribution in [0.5, 0.6) is 0 Å². The van der Waals surface area contributed by atoms with Crippen LogP contribution >= 0.6 is 11.6 Å². The molecule has 0 bridgehead atoms. The number of fused-ring (bicyclic) bond motifs is 2. The van der Waals surface area contributed by atoms with Gasteiger partial charge in [0.05, 0.1) is 12.1 Å². The summed E-state index contributed by atoms with van der Waals surface area (Å²) in [7, 11) is 2.15. The van der Waals surface area contributed by atoms with Gasteiger partial charge in [-0.2, -0.15) is 0 Å². The molecule has 1 saturated heterocycles. The maximum atomic E-state index is 13.5. The highest BCUT2D eigenvalue weighted by atomic mass is 35.5. The fourth-order valence-electron chi connectivity index (χ4n) is 4.98. The first-order chi connectivity index (χ1) is 14.5. The Morgan fingerprint density at radius 1 is 1.07 bits per heavy atom. The van der Waals surface area contributed by atoms with Crippen LogP contribution in [0.2, 0.25) is 5.02 Å². The van der Waals surface area contributed by atoms with Gasteiger partial charge in [0.2, 0.25) is 0 Å². The van der Waals surface area contributed by atoms with E-state index in [2.05, 4.69) is 37.7 Å². The minimum Gasteiger partial charge on any atom is -0.302 e. The normalized spacial score (nSPS) is 19.2. The van der Waals surface area contributed by atoms with E-state index in [1.165, 1.54) is 17.7 Å². The average molecular weight is 426 g/mol. The molecule has 30 heavy (non-hydrogen) atoms. The van der Waals surface area contributed by atoms with Gasteiger partial charge in [-0.05, 0) is 61.9 Å². The van der Waals surface area contributed by atoms with Crippen molar-refractivity contribution in [1.82, 2.24) is 24.6 Å². The van der Waals surface area contributed by atoms with Crippen LogP contribution in [0.1, 0.15) is 24.2 Å². The molecule has 7 heteroatoms. The number of piperidine rings is 1. The average Bonchev–Trinajstić information content (AvgIpc) is 3.15. The number of benzene rings is 2. The van der Waals surface area contributed by atoms with Gasteiger partial charge in [0.1, 0.15) is 11.6 Å². The minimum absolute atomic E-state index is 0.0413. The number of hydrogen-bond donors (Lipinski definition) is 0. The molecular formula is C23H25ClFN5. The largest absolute Gasteiger partial charge is 0.302 e. The first-order valence-electron chi connectivity index (χ1n) is 10.4. The lowest BCUT2D eigenvalue weighted by molar-refractivity contribution is 0.0490. The van der Waals surface area contributed by atoms with Gasteiger partial charge in [0.15, 0.2) is 5.82 Å². The predicted molar refractivity (Wildman–Crippen MR) is 116 cm³/mol. The van der Waals surface area contributed by atoms with Gasteiger partial charge in [0.25, 0.3) is 0 Å². The van der Waals surface area contributed by atoms with Crippen molar-refractivity contribution in [3.8, 4) is 11.4 Å². The van der Waals surface area contributed by atoms with Crippen molar-refractivity contribution >= 4 is 11.6 Å². The molecule has 156 valence electrons. The zero-order valence-electron chi connectivity index (χ0n) is 17.1. The number of hydrogen-bond acceptors (Lipinski definition) is 4. The molecular weight excluding hydrogens is 401 g/mol. The summed E-state index contributed by atoms with van der Waals surface area (Å²) in [5.74, 6) is 1.61. The lowest BCUT2D eigenvalue weighted by Gasteiger charge is -2.48. The van der Waals surface area contributed by atoms with Crippen molar-refractivity contribution < 1.29 is 4.39 Å². The van der Waals surface area contributed by atoms with E-state index in [-0.39, 0.29) is 11.4 Å². The number of halogens is 2. The van der Waals surface area contributed by atoms with Gasteiger partial charge in [-0.3, -0.25) is 9.80 Å². The Kier molecular flexibility index (Phi) is 5.09. The summed E-state index contributed by atoms with van der Waals surface area (Å²) in [5.41, 5.74) is 2.12. The Morgan fingerprint density at radius 2 is 1.83 bits per heavy atom. The number of rotatable bonds is 3. The summed E-state index contributed by atoms with van der Waals surface area (Å²) in [6, 6.07) is 14.7. The lowest BCUT2D eigenvalue weighted by Crippen LogP contribution is -2.55. The van der Waals surface area contributed by atoms with Gasteiger partial charge in [-0.25, -0.2) is 4.39 Å². The van der Waals surface area contributed by atoms with Gasteiger partial charge in [0, 0.05) is 36.8 Å². The Bertz CT molecular complexity index is 1040. The smallest absolute Gasteiger partial charge is 0.164 e. The van der Waals surface area contributed by atoms with E-state index in [1.54, 1.807) is 12.1 Å². The van der Waals surface area contributed by atoms with Crippen molar-refractivity contribution in [3.05, 3.63) is 70.8 Å². The summed E-state index contributed by atoms with van der Waals surface area (Å²) in [6.07, 6.45) is 2.05. The van der Waals surface area contributed by atoms with Crippen LogP contribution in [0, 0.1) is 5.82 Å². The molecule has 1 spiro atoms. The second kappa shape index (κ2) is 7.76. The van der Waals surface area contributed by atoms with Crippen molar-refractivity contribution in [2.24, 2.45) is 0 Å². The lowest BCUT2D eigenvalue weighted by atomic mass is 9.84. The SMILES string of the molecule is CN1Cc2nnc(-c3ccc(F)cc3)n2C2(CCN(Cc3cccc(Cl)c3)CC2)C1. The van der Waals surface area contributed by atoms with Crippen molar-refractivity contribution in [1.29, 1.82) is 0 Å². The monoisotopic (exact) mass is 425 g/mol. The Morgan fingerprint density at radius 3 is 2.57 bits per heavy atom. The minimum atomic E-state index is -0.235. The van der Waals surface area contributed by atoms with E-state index in [1.807, 2.05) is 18.2 Å². The van der Waals surface area contributed by atoms with E-state index in [0.717, 1.165) is 67.8 Å². The molecule has 0 N–H and O–H groups in total. The summed E-state index contributed by atoms with van der Waals surface area (Å²) < 4.78 is 15.8. The van der Waals surface area contributed by atoms with Crippen molar-refractivity contribution in [2.75, 3.05) is 26.7 Å². The Labute approximate surface area is 181 Å². The maximum absolute atomic E-state index is 13.5. The fourth-order valence-corrected chi connectivity index (χ4v) is 5.19. The molecule has 2 aromatic carbocycles. The molecule has 5 rings (SSSR count). The quantitative estimate of drug-likeness (QED) is 0.631. The second-order valence-electron chi connectivity index (χ2n) is 8.58. The van der Waals surface area contributed by atoms with E-state index in [0.29, 0.717) is 0 Å². The van der Waals surface area contributed by atoms with Crippen LogP contribution in [0.25, 0.3) is 11.4 Å². The molecule has 3 heterocycles. The van der Waals surface area contributed by atoms with Crippen molar-refractivity contribution in [3.63, 3.8) is 0 Å². The van der Waals surface area contributed by atoms with Crippen LogP contribution in [0.15, 0.2) is 48.5 Å². The summed E-state index contributed by atoms with van der Waals surface area (Å²) >= 11 is 6.16. The van der Waals surface area contributed by atoms with Crippen LogP contribution in [0.3, 0.4) is 0 Å². The summed E-state index contributed by atoms with van der Waals surface area (Å²) in [6.45, 7) is 4.66. The molecule has 0 amide bonds. The molecule has 1 aromatic heterocycles. The Balaban J connectivity index is 1.42. The number of nitrogens with zero attached hydrogens (tertiary/aromatic N) is 5. The van der Waals surface area contributed by atoms with Crippen LogP contribution in [-0.4, -0.2) is 51.2 Å². The molecule has 3 aromatic rings. The molecule has 2 aliphatic rings. The zero-order chi connectivity index (χ0) is 20.7. The Hall–Kier alpha value is -2.28. The molecule has 2 aliphatic heterocycles. The topological polar surface area (TPSA) is 37.2 Å². The molecule has 0 saturated carbocycles. The van der Waals surface area contributed by atoms with Gasteiger partial charge in [-0.15, -0.1) is 10.2 Å². The molecule has 0 radical (unpaired) electrons. The predicted octanol–water partition coefficient (Wildman–Crippen LogP) is 4.17. The van der Waals surface area contributed by atoms with E-state index >= 15 is 0 Å². The van der Waals surface area contributed by atoms with Crippen LogP contribution < -0.4 is 0 Å². The third-order valence-corrected chi connectivity index (χ3v) is 6.60. The molecule has 0 aliphatic carbocycles. The first-order valence-corrected chi connectivity index (χ1v) is 10.8. The first kappa shape index (κ1) is 19.7. The number of likely N-dealkylation sites (tertiary alicyclic amines) is 1. The van der Waals surface area contributed by atoms with E-state index in [9.17, 15) is 4.39 Å². The summed E-state index contributed by atoms with van der Waals surface area (Å²) in [4.78, 5) is 4.83. The van der Waals surface area contributed by atoms with Gasteiger partial charge >= 0.3 is 0 Å². The van der Waals surface area contributed by atoms with E-state index in [4.69, 9.17) is 11.6 Å². The third-order valence-electron chi connectivity index (χ3n) is 6.36.